The third-order valence-electron chi connectivity index (χ3n) is 4.59. The summed E-state index contributed by atoms with van der Waals surface area (Å²) in [5, 5.41) is 3.27. The van der Waals surface area contributed by atoms with Gasteiger partial charge in [-0.05, 0) is 50.1 Å². The predicted octanol–water partition coefficient (Wildman–Crippen LogP) is 4.34. The summed E-state index contributed by atoms with van der Waals surface area (Å²) in [5.74, 6) is -0.608. The van der Waals surface area contributed by atoms with Crippen LogP contribution in [0.1, 0.15) is 18.4 Å². The molecule has 0 bridgehead atoms. The number of anilines is 1. The molecule has 0 spiro atoms. The maximum atomic E-state index is 13.0. The van der Waals surface area contributed by atoms with Crippen molar-refractivity contribution in [3.05, 3.63) is 58.1 Å². The lowest BCUT2D eigenvalue weighted by atomic mass is 9.98. The predicted molar refractivity (Wildman–Crippen MR) is 108 cm³/mol. The lowest BCUT2D eigenvalue weighted by Gasteiger charge is -2.31. The number of nitrogens with one attached hydrogen (secondary N) is 1. The minimum absolute atomic E-state index is 0.0312. The number of carbonyl (C=O) groups excluding carboxylic acids is 1. The molecule has 1 aliphatic heterocycles. The van der Waals surface area contributed by atoms with Crippen molar-refractivity contribution in [3.63, 3.8) is 0 Å². The fourth-order valence-electron chi connectivity index (χ4n) is 3.07. The van der Waals surface area contributed by atoms with Gasteiger partial charge in [-0.15, -0.1) is 0 Å². The summed E-state index contributed by atoms with van der Waals surface area (Å²) in [5.41, 5.74) is 1.80. The largest absolute Gasteiger partial charge is 0.326 e. The topological polar surface area (TPSA) is 66.5 Å². The molecule has 1 atom stereocenters. The molecule has 27 heavy (non-hydrogen) atoms. The molecule has 2 aromatic carbocycles. The van der Waals surface area contributed by atoms with Crippen molar-refractivity contribution in [1.82, 2.24) is 4.31 Å². The van der Waals surface area contributed by atoms with Gasteiger partial charge in [-0.1, -0.05) is 40.9 Å². The number of nitrogens with zero attached hydrogens (tertiary/aromatic N) is 1. The summed E-state index contributed by atoms with van der Waals surface area (Å²) in [4.78, 5) is 12.6. The smallest absolute Gasteiger partial charge is 0.244 e. The molecule has 0 aromatic heterocycles. The van der Waals surface area contributed by atoms with E-state index < -0.39 is 15.9 Å². The Kier molecular flexibility index (Phi) is 6.11. The highest BCUT2D eigenvalue weighted by atomic mass is 35.5. The Morgan fingerprint density at radius 1 is 1.15 bits per heavy atom. The number of rotatable bonds is 4. The summed E-state index contributed by atoms with van der Waals surface area (Å²) >= 11 is 12.0. The highest BCUT2D eigenvalue weighted by Gasteiger charge is 2.34. The van der Waals surface area contributed by atoms with E-state index in [1.165, 1.54) is 22.5 Å². The van der Waals surface area contributed by atoms with Crippen LogP contribution >= 0.6 is 23.2 Å². The molecule has 5 nitrogen and oxygen atoms in total. The highest BCUT2D eigenvalue weighted by Crippen LogP contribution is 2.30. The average molecular weight is 427 g/mol. The van der Waals surface area contributed by atoms with Gasteiger partial charge in [0.15, 0.2) is 0 Å². The Bertz CT molecular complexity index is 946. The summed E-state index contributed by atoms with van der Waals surface area (Å²) in [6, 6.07) is 11.8. The highest BCUT2D eigenvalue weighted by molar-refractivity contribution is 7.89. The Morgan fingerprint density at radius 2 is 1.85 bits per heavy atom. The Labute approximate surface area is 169 Å². The number of piperidine rings is 1. The molecule has 0 aliphatic carbocycles. The second kappa shape index (κ2) is 8.19. The minimum atomic E-state index is -3.82. The van der Waals surface area contributed by atoms with E-state index in [-0.39, 0.29) is 22.4 Å². The molecule has 1 saturated heterocycles. The summed E-state index contributed by atoms with van der Waals surface area (Å²) in [6.45, 7) is 2.43. The first-order valence-electron chi connectivity index (χ1n) is 8.60. The number of halogens is 2. The van der Waals surface area contributed by atoms with E-state index in [0.717, 1.165) is 5.56 Å². The number of carbonyl (C=O) groups is 1. The van der Waals surface area contributed by atoms with Gasteiger partial charge < -0.3 is 5.32 Å². The molecule has 1 heterocycles. The van der Waals surface area contributed by atoms with Gasteiger partial charge >= 0.3 is 0 Å². The Hall–Kier alpha value is -1.60. The number of amides is 1. The van der Waals surface area contributed by atoms with Crippen LogP contribution in [0.15, 0.2) is 47.4 Å². The summed E-state index contributed by atoms with van der Waals surface area (Å²) in [6.07, 6.45) is 1.23. The quantitative estimate of drug-likeness (QED) is 0.790. The van der Waals surface area contributed by atoms with Gasteiger partial charge in [0.1, 0.15) is 4.90 Å². The maximum Gasteiger partial charge on any atom is 0.244 e. The lowest BCUT2D eigenvalue weighted by Crippen LogP contribution is -2.43. The van der Waals surface area contributed by atoms with Crippen LogP contribution in [0, 0.1) is 12.8 Å². The molecule has 2 aromatic rings. The van der Waals surface area contributed by atoms with Gasteiger partial charge in [-0.25, -0.2) is 8.42 Å². The van der Waals surface area contributed by atoms with Crippen molar-refractivity contribution < 1.29 is 13.2 Å². The van der Waals surface area contributed by atoms with Gasteiger partial charge in [0.05, 0.1) is 10.9 Å². The van der Waals surface area contributed by atoms with E-state index in [4.69, 9.17) is 23.2 Å². The second-order valence-electron chi connectivity index (χ2n) is 6.63. The van der Waals surface area contributed by atoms with Crippen molar-refractivity contribution in [2.45, 2.75) is 24.7 Å². The molecule has 1 fully saturated rings. The fraction of sp³-hybridized carbons (Fsp3) is 0.316. The second-order valence-corrected chi connectivity index (χ2v) is 9.38. The number of aryl methyl sites for hydroxylation is 1. The molecule has 144 valence electrons. The molecule has 0 radical (unpaired) electrons. The third kappa shape index (κ3) is 4.63. The molecule has 1 N–H and O–H groups in total. The zero-order valence-corrected chi connectivity index (χ0v) is 17.1. The first kappa shape index (κ1) is 20.1. The molecule has 3 rings (SSSR count). The van der Waals surface area contributed by atoms with Gasteiger partial charge in [0, 0.05) is 23.8 Å². The summed E-state index contributed by atoms with van der Waals surface area (Å²) < 4.78 is 27.3. The number of benzene rings is 2. The van der Waals surface area contributed by atoms with Crippen LogP contribution in [0.25, 0.3) is 0 Å². The van der Waals surface area contributed by atoms with Crippen LogP contribution in [0.2, 0.25) is 10.0 Å². The van der Waals surface area contributed by atoms with E-state index in [1.54, 1.807) is 0 Å². The molecule has 1 amide bonds. The average Bonchev–Trinajstić information content (AvgIpc) is 2.65. The van der Waals surface area contributed by atoms with Crippen LogP contribution in [-0.4, -0.2) is 31.7 Å². The van der Waals surface area contributed by atoms with Crippen LogP contribution in [0.5, 0.6) is 0 Å². The molecule has 1 aliphatic rings. The molecule has 0 unspecified atom stereocenters. The van der Waals surface area contributed by atoms with Crippen molar-refractivity contribution in [1.29, 1.82) is 0 Å². The molecular formula is C19H20Cl2N2O3S. The van der Waals surface area contributed by atoms with Gasteiger partial charge in [0.25, 0.3) is 0 Å². The first-order valence-corrected chi connectivity index (χ1v) is 10.8. The van der Waals surface area contributed by atoms with Crippen LogP contribution in [0.4, 0.5) is 5.69 Å². The van der Waals surface area contributed by atoms with Crippen molar-refractivity contribution >= 4 is 44.8 Å². The zero-order valence-electron chi connectivity index (χ0n) is 14.8. The van der Waals surface area contributed by atoms with Gasteiger partial charge in [0.2, 0.25) is 15.9 Å². The molecule has 0 saturated carbocycles. The maximum absolute atomic E-state index is 13.0. The number of hydrogen-bond donors (Lipinski definition) is 1. The fourth-order valence-corrected chi connectivity index (χ4v) is 5.33. The third-order valence-corrected chi connectivity index (χ3v) is 7.17. The van der Waals surface area contributed by atoms with E-state index in [1.807, 2.05) is 31.2 Å². The van der Waals surface area contributed by atoms with Crippen LogP contribution in [-0.2, 0) is 14.8 Å². The normalized spacial score (nSPS) is 18.3. The van der Waals surface area contributed by atoms with Gasteiger partial charge in [-0.3, -0.25) is 4.79 Å². The van der Waals surface area contributed by atoms with Crippen molar-refractivity contribution in [2.75, 3.05) is 18.4 Å². The van der Waals surface area contributed by atoms with Crippen LogP contribution in [0.3, 0.4) is 0 Å². The standard InChI is InChI=1S/C19H20Cl2N2O3S/c1-13-4-7-16(8-5-13)22-19(24)14-3-2-10-23(12-14)27(25,26)18-11-15(20)6-9-17(18)21/h4-9,11,14H,2-3,10,12H2,1H3,(H,22,24)/t14-/m1/s1. The number of hydrogen-bond acceptors (Lipinski definition) is 3. The minimum Gasteiger partial charge on any atom is -0.326 e. The molecular weight excluding hydrogens is 407 g/mol. The Morgan fingerprint density at radius 3 is 2.56 bits per heavy atom. The van der Waals surface area contributed by atoms with Crippen molar-refractivity contribution in [3.8, 4) is 0 Å². The first-order chi connectivity index (χ1) is 12.8. The van der Waals surface area contributed by atoms with E-state index >= 15 is 0 Å². The zero-order chi connectivity index (χ0) is 19.6. The number of sulfonamides is 1. The van der Waals surface area contributed by atoms with E-state index in [0.29, 0.717) is 30.1 Å². The monoisotopic (exact) mass is 426 g/mol. The van der Waals surface area contributed by atoms with E-state index in [2.05, 4.69) is 5.32 Å². The lowest BCUT2D eigenvalue weighted by molar-refractivity contribution is -0.120. The van der Waals surface area contributed by atoms with Crippen molar-refractivity contribution in [2.24, 2.45) is 5.92 Å². The van der Waals surface area contributed by atoms with Crippen LogP contribution < -0.4 is 5.32 Å². The SMILES string of the molecule is Cc1ccc(NC(=O)[C@@H]2CCCN(S(=O)(=O)c3cc(Cl)ccc3Cl)C2)cc1. The van der Waals surface area contributed by atoms with Gasteiger partial charge in [-0.2, -0.15) is 4.31 Å². The van der Waals surface area contributed by atoms with E-state index in [9.17, 15) is 13.2 Å². The summed E-state index contributed by atoms with van der Waals surface area (Å²) in [7, 11) is -3.82. The Balaban J connectivity index is 1.76. The molecule has 8 heteroatoms.